The lowest BCUT2D eigenvalue weighted by molar-refractivity contribution is -0.119. The first-order valence-electron chi connectivity index (χ1n) is 5.31. The normalized spacial score (nSPS) is 11.9. The quantitative estimate of drug-likeness (QED) is 0.796. The molecule has 1 aromatic rings. The lowest BCUT2D eigenvalue weighted by Crippen LogP contribution is -2.33. The summed E-state index contributed by atoms with van der Waals surface area (Å²) in [6.45, 7) is 3.14. The van der Waals surface area contributed by atoms with Gasteiger partial charge in [-0.05, 0) is 18.4 Å². The fourth-order valence-corrected chi connectivity index (χ4v) is 1.39. The van der Waals surface area contributed by atoms with E-state index in [1.165, 1.54) is 0 Å². The van der Waals surface area contributed by atoms with Crippen LogP contribution in [0.5, 0.6) is 0 Å². The highest BCUT2D eigenvalue weighted by Gasteiger charge is 2.03. The van der Waals surface area contributed by atoms with E-state index in [0.717, 1.165) is 12.2 Å². The predicted molar refractivity (Wildman–Crippen MR) is 70.9 cm³/mol. The molecule has 0 fully saturated rings. The average Bonchev–Trinajstić information content (AvgIpc) is 2.34. The molecule has 0 saturated heterocycles. The molecule has 2 N–H and O–H groups in total. The van der Waals surface area contributed by atoms with Gasteiger partial charge in [0, 0.05) is 17.5 Å². The van der Waals surface area contributed by atoms with E-state index < -0.39 is 0 Å². The summed E-state index contributed by atoms with van der Waals surface area (Å²) in [7, 11) is 0. The highest BCUT2D eigenvalue weighted by molar-refractivity contribution is 7.99. The molecular weight excluding hydrogens is 220 g/mol. The second-order valence-electron chi connectivity index (χ2n) is 3.57. The van der Waals surface area contributed by atoms with E-state index in [2.05, 4.69) is 17.6 Å². The summed E-state index contributed by atoms with van der Waals surface area (Å²) in [6.07, 6.45) is 2.04. The summed E-state index contributed by atoms with van der Waals surface area (Å²) in [5.74, 6) is 0.0322. The van der Waals surface area contributed by atoms with Crippen LogP contribution in [0.2, 0.25) is 0 Å². The van der Waals surface area contributed by atoms with Crippen LogP contribution in [0.3, 0.4) is 0 Å². The van der Waals surface area contributed by atoms with Gasteiger partial charge in [0.25, 0.3) is 0 Å². The molecule has 1 rings (SSSR count). The van der Waals surface area contributed by atoms with Crippen molar-refractivity contribution in [1.82, 2.24) is 5.32 Å². The molecule has 16 heavy (non-hydrogen) atoms. The molecule has 0 aliphatic heterocycles. The van der Waals surface area contributed by atoms with Crippen LogP contribution >= 0.6 is 11.8 Å². The summed E-state index contributed by atoms with van der Waals surface area (Å²) < 4.78 is 0. The van der Waals surface area contributed by atoms with Gasteiger partial charge in [-0.1, -0.05) is 25.1 Å². The van der Waals surface area contributed by atoms with Crippen molar-refractivity contribution in [3.63, 3.8) is 0 Å². The molecule has 4 heteroatoms. The van der Waals surface area contributed by atoms with Gasteiger partial charge in [-0.15, -0.1) is 0 Å². The second-order valence-corrected chi connectivity index (χ2v) is 4.85. The molecular formula is C12H18N2OS. The van der Waals surface area contributed by atoms with Gasteiger partial charge >= 0.3 is 0 Å². The van der Waals surface area contributed by atoms with E-state index in [1.807, 2.05) is 36.6 Å². The molecule has 0 aliphatic rings. The van der Waals surface area contributed by atoms with Crippen LogP contribution < -0.4 is 10.6 Å². The van der Waals surface area contributed by atoms with Gasteiger partial charge < -0.3 is 10.6 Å². The Morgan fingerprint density at radius 3 is 2.69 bits per heavy atom. The number of nitrogens with one attached hydrogen (secondary N) is 2. The van der Waals surface area contributed by atoms with E-state index in [-0.39, 0.29) is 5.91 Å². The van der Waals surface area contributed by atoms with Gasteiger partial charge in [-0.25, -0.2) is 0 Å². The van der Waals surface area contributed by atoms with Crippen molar-refractivity contribution in [3.8, 4) is 0 Å². The zero-order valence-corrected chi connectivity index (χ0v) is 10.5. The van der Waals surface area contributed by atoms with Crippen molar-refractivity contribution in [2.75, 3.05) is 24.7 Å². The molecule has 0 bridgehead atoms. The van der Waals surface area contributed by atoms with Crippen molar-refractivity contribution in [2.45, 2.75) is 12.2 Å². The molecule has 0 aliphatic carbocycles. The lowest BCUT2D eigenvalue weighted by Gasteiger charge is -2.10. The Labute approximate surface area is 101 Å². The first-order valence-corrected chi connectivity index (χ1v) is 6.59. The Morgan fingerprint density at radius 1 is 1.38 bits per heavy atom. The fourth-order valence-electron chi connectivity index (χ4n) is 1.14. The van der Waals surface area contributed by atoms with E-state index >= 15 is 0 Å². The maximum atomic E-state index is 11.5. The first-order chi connectivity index (χ1) is 7.72. The molecule has 0 saturated carbocycles. The standard InChI is InChI=1S/C12H18N2OS/c1-10(16-2)8-14-12(15)9-13-11-6-4-3-5-7-11/h3-7,10,13H,8-9H2,1-2H3,(H,14,15). The average molecular weight is 238 g/mol. The lowest BCUT2D eigenvalue weighted by atomic mass is 10.3. The molecule has 1 unspecified atom stereocenters. The number of thioether (sulfide) groups is 1. The number of anilines is 1. The highest BCUT2D eigenvalue weighted by Crippen LogP contribution is 2.04. The van der Waals surface area contributed by atoms with Gasteiger partial charge in [0.1, 0.15) is 0 Å². The zero-order chi connectivity index (χ0) is 11.8. The number of carbonyl (C=O) groups is 1. The minimum atomic E-state index is 0.0322. The minimum absolute atomic E-state index is 0.0322. The molecule has 1 amide bonds. The molecule has 1 aromatic carbocycles. The Bertz CT molecular complexity index is 316. The smallest absolute Gasteiger partial charge is 0.239 e. The van der Waals surface area contributed by atoms with Crippen LogP contribution in [-0.2, 0) is 4.79 Å². The maximum absolute atomic E-state index is 11.5. The number of benzene rings is 1. The Morgan fingerprint density at radius 2 is 2.06 bits per heavy atom. The van der Waals surface area contributed by atoms with Gasteiger partial charge in [-0.2, -0.15) is 11.8 Å². The fraction of sp³-hybridized carbons (Fsp3) is 0.417. The van der Waals surface area contributed by atoms with Crippen molar-refractivity contribution in [2.24, 2.45) is 0 Å². The number of hydrogen-bond acceptors (Lipinski definition) is 3. The van der Waals surface area contributed by atoms with E-state index in [9.17, 15) is 4.79 Å². The number of hydrogen-bond donors (Lipinski definition) is 2. The summed E-state index contributed by atoms with van der Waals surface area (Å²) in [5, 5.41) is 6.41. The van der Waals surface area contributed by atoms with Crippen molar-refractivity contribution in [1.29, 1.82) is 0 Å². The maximum Gasteiger partial charge on any atom is 0.239 e. The topological polar surface area (TPSA) is 41.1 Å². The summed E-state index contributed by atoms with van der Waals surface area (Å²) in [5.41, 5.74) is 0.968. The number of rotatable bonds is 6. The van der Waals surface area contributed by atoms with Crippen molar-refractivity contribution in [3.05, 3.63) is 30.3 Å². The zero-order valence-electron chi connectivity index (χ0n) is 9.69. The Hall–Kier alpha value is -1.16. The minimum Gasteiger partial charge on any atom is -0.376 e. The first kappa shape index (κ1) is 12.9. The highest BCUT2D eigenvalue weighted by atomic mass is 32.2. The number of para-hydroxylation sites is 1. The molecule has 1 atom stereocenters. The molecule has 88 valence electrons. The molecule has 0 heterocycles. The SMILES string of the molecule is CSC(C)CNC(=O)CNc1ccccc1. The third kappa shape index (κ3) is 5.07. The number of carbonyl (C=O) groups excluding carboxylic acids is 1. The molecule has 0 aromatic heterocycles. The molecule has 0 radical (unpaired) electrons. The van der Waals surface area contributed by atoms with Crippen LogP contribution in [0, 0.1) is 0 Å². The Balaban J connectivity index is 2.20. The number of amides is 1. The monoisotopic (exact) mass is 238 g/mol. The van der Waals surface area contributed by atoms with Crippen LogP contribution in [0.25, 0.3) is 0 Å². The Kier molecular flexibility index (Phi) is 5.78. The summed E-state index contributed by atoms with van der Waals surface area (Å²) in [4.78, 5) is 11.5. The van der Waals surface area contributed by atoms with Crippen LogP contribution in [0.1, 0.15) is 6.92 Å². The third-order valence-corrected chi connectivity index (χ3v) is 3.19. The van der Waals surface area contributed by atoms with Crippen molar-refractivity contribution < 1.29 is 4.79 Å². The van der Waals surface area contributed by atoms with Gasteiger partial charge in [-0.3, -0.25) is 4.79 Å². The van der Waals surface area contributed by atoms with E-state index in [1.54, 1.807) is 11.8 Å². The largest absolute Gasteiger partial charge is 0.376 e. The molecule has 0 spiro atoms. The van der Waals surface area contributed by atoms with Crippen LogP contribution in [0.4, 0.5) is 5.69 Å². The van der Waals surface area contributed by atoms with Crippen LogP contribution in [-0.4, -0.2) is 30.5 Å². The molecule has 3 nitrogen and oxygen atoms in total. The summed E-state index contributed by atoms with van der Waals surface area (Å²) in [6, 6.07) is 9.72. The van der Waals surface area contributed by atoms with Gasteiger partial charge in [0.15, 0.2) is 0 Å². The van der Waals surface area contributed by atoms with Crippen molar-refractivity contribution >= 4 is 23.4 Å². The van der Waals surface area contributed by atoms with Gasteiger partial charge in [0.2, 0.25) is 5.91 Å². The predicted octanol–water partition coefficient (Wildman–Crippen LogP) is 1.97. The van der Waals surface area contributed by atoms with Crippen LogP contribution in [0.15, 0.2) is 30.3 Å². The van der Waals surface area contributed by atoms with Gasteiger partial charge in [0.05, 0.1) is 6.54 Å². The second kappa shape index (κ2) is 7.17. The third-order valence-electron chi connectivity index (χ3n) is 2.22. The van der Waals surface area contributed by atoms with E-state index in [4.69, 9.17) is 0 Å². The summed E-state index contributed by atoms with van der Waals surface area (Å²) >= 11 is 1.75. The van der Waals surface area contributed by atoms with E-state index in [0.29, 0.717) is 11.8 Å².